The van der Waals surface area contributed by atoms with E-state index in [0.717, 1.165) is 5.56 Å². The summed E-state index contributed by atoms with van der Waals surface area (Å²) in [7, 11) is 0. The Hall–Kier alpha value is -1.61. The maximum absolute atomic E-state index is 11.2. The summed E-state index contributed by atoms with van der Waals surface area (Å²) in [5, 5.41) is 9.23. The van der Waals surface area contributed by atoms with Gasteiger partial charge in [-0.3, -0.25) is 0 Å². The molecule has 0 aliphatic carbocycles. The molecule has 0 heterocycles. The number of allylic oxidation sites excluding steroid dienone is 1. The molecule has 1 N–H and O–H groups in total. The molecule has 0 aromatic heterocycles. The maximum Gasteiger partial charge on any atom is 0.333 e. The van der Waals surface area contributed by atoms with Gasteiger partial charge in [0.15, 0.2) is 6.10 Å². The van der Waals surface area contributed by atoms with Crippen LogP contribution in [0, 0.1) is 11.8 Å². The smallest absolute Gasteiger partial charge is 0.333 e. The first-order valence-electron chi connectivity index (χ1n) is 6.57. The molecule has 0 aliphatic heterocycles. The van der Waals surface area contributed by atoms with E-state index in [9.17, 15) is 9.90 Å². The molecule has 0 saturated carbocycles. The second-order valence-corrected chi connectivity index (χ2v) is 5.04. The van der Waals surface area contributed by atoms with Crippen molar-refractivity contribution in [3.8, 4) is 0 Å². The number of ether oxygens (including phenoxy) is 1. The Morgan fingerprint density at radius 1 is 1.21 bits per heavy atom. The number of hydrogen-bond donors (Lipinski definition) is 1. The SMILES string of the molecule is CC(C)/C=C/[C@H](C)[C@H](OCc1ccccc1)C(=O)O. The lowest BCUT2D eigenvalue weighted by atomic mass is 10.0. The van der Waals surface area contributed by atoms with Crippen molar-refractivity contribution < 1.29 is 14.6 Å². The van der Waals surface area contributed by atoms with E-state index < -0.39 is 12.1 Å². The fourth-order valence-corrected chi connectivity index (χ4v) is 1.71. The highest BCUT2D eigenvalue weighted by Crippen LogP contribution is 2.14. The fourth-order valence-electron chi connectivity index (χ4n) is 1.71. The zero-order valence-corrected chi connectivity index (χ0v) is 11.7. The lowest BCUT2D eigenvalue weighted by Gasteiger charge is -2.18. The quantitative estimate of drug-likeness (QED) is 0.765. The van der Waals surface area contributed by atoms with Crippen molar-refractivity contribution in [2.24, 2.45) is 11.8 Å². The van der Waals surface area contributed by atoms with E-state index in [1.807, 2.05) is 49.4 Å². The summed E-state index contributed by atoms with van der Waals surface area (Å²) < 4.78 is 5.53. The largest absolute Gasteiger partial charge is 0.479 e. The van der Waals surface area contributed by atoms with Crippen LogP contribution in [0.5, 0.6) is 0 Å². The van der Waals surface area contributed by atoms with Crippen molar-refractivity contribution in [3.05, 3.63) is 48.0 Å². The van der Waals surface area contributed by atoms with E-state index in [1.54, 1.807) is 0 Å². The van der Waals surface area contributed by atoms with E-state index in [1.165, 1.54) is 0 Å². The molecule has 1 rings (SSSR count). The maximum atomic E-state index is 11.2. The molecule has 3 heteroatoms. The van der Waals surface area contributed by atoms with E-state index in [-0.39, 0.29) is 5.92 Å². The van der Waals surface area contributed by atoms with E-state index in [0.29, 0.717) is 12.5 Å². The molecule has 0 spiro atoms. The van der Waals surface area contributed by atoms with E-state index in [4.69, 9.17) is 4.74 Å². The standard InChI is InChI=1S/C16H22O3/c1-12(2)9-10-13(3)15(16(17)18)19-11-14-7-5-4-6-8-14/h4-10,12-13,15H,11H2,1-3H3,(H,17,18)/b10-9+/t13-,15-/m0/s1. The second-order valence-electron chi connectivity index (χ2n) is 5.04. The van der Waals surface area contributed by atoms with Crippen LogP contribution in [0.3, 0.4) is 0 Å². The van der Waals surface area contributed by atoms with Crippen LogP contribution in [-0.2, 0) is 16.1 Å². The average Bonchev–Trinajstić information content (AvgIpc) is 2.37. The molecule has 0 amide bonds. The Bertz CT molecular complexity index is 409. The molecular weight excluding hydrogens is 240 g/mol. The van der Waals surface area contributed by atoms with Crippen molar-refractivity contribution in [2.45, 2.75) is 33.5 Å². The van der Waals surface area contributed by atoms with Gasteiger partial charge in [-0.2, -0.15) is 0 Å². The first-order valence-corrected chi connectivity index (χ1v) is 6.57. The van der Waals surface area contributed by atoms with Crippen LogP contribution < -0.4 is 0 Å². The molecule has 0 saturated heterocycles. The number of carboxylic acids is 1. The lowest BCUT2D eigenvalue weighted by Crippen LogP contribution is -2.29. The molecular formula is C16H22O3. The summed E-state index contributed by atoms with van der Waals surface area (Å²) in [5.41, 5.74) is 0.980. The van der Waals surface area contributed by atoms with Gasteiger partial charge in [-0.1, -0.05) is 63.3 Å². The summed E-state index contributed by atoms with van der Waals surface area (Å²) in [4.78, 5) is 11.2. The number of benzene rings is 1. The first kappa shape index (κ1) is 15.4. The predicted molar refractivity (Wildman–Crippen MR) is 75.8 cm³/mol. The molecule has 2 atom stereocenters. The third-order valence-corrected chi connectivity index (χ3v) is 2.79. The Morgan fingerprint density at radius 3 is 2.37 bits per heavy atom. The van der Waals surface area contributed by atoms with Crippen LogP contribution in [0.2, 0.25) is 0 Å². The highest BCUT2D eigenvalue weighted by Gasteiger charge is 2.23. The third-order valence-electron chi connectivity index (χ3n) is 2.79. The van der Waals surface area contributed by atoms with Gasteiger partial charge in [0.05, 0.1) is 6.61 Å². The predicted octanol–water partition coefficient (Wildman–Crippen LogP) is 3.50. The fraction of sp³-hybridized carbons (Fsp3) is 0.438. The number of rotatable bonds is 7. The highest BCUT2D eigenvalue weighted by atomic mass is 16.5. The summed E-state index contributed by atoms with van der Waals surface area (Å²) >= 11 is 0. The minimum Gasteiger partial charge on any atom is -0.479 e. The second kappa shape index (κ2) is 7.74. The van der Waals surface area contributed by atoms with Crippen LogP contribution in [0.1, 0.15) is 26.3 Å². The molecule has 0 fully saturated rings. The average molecular weight is 262 g/mol. The zero-order valence-electron chi connectivity index (χ0n) is 11.7. The number of aliphatic carboxylic acids is 1. The molecule has 19 heavy (non-hydrogen) atoms. The number of carbonyl (C=O) groups is 1. The molecule has 0 unspecified atom stereocenters. The number of hydrogen-bond acceptors (Lipinski definition) is 2. The summed E-state index contributed by atoms with van der Waals surface area (Å²) in [6, 6.07) is 9.60. The Kier molecular flexibility index (Phi) is 6.30. The highest BCUT2D eigenvalue weighted by molar-refractivity contribution is 5.73. The topological polar surface area (TPSA) is 46.5 Å². The van der Waals surface area contributed by atoms with Gasteiger partial charge < -0.3 is 9.84 Å². The van der Waals surface area contributed by atoms with Gasteiger partial charge in [-0.25, -0.2) is 4.79 Å². The Labute approximate surface area is 114 Å². The Morgan fingerprint density at radius 2 is 1.84 bits per heavy atom. The van der Waals surface area contributed by atoms with Crippen LogP contribution in [0.15, 0.2) is 42.5 Å². The van der Waals surface area contributed by atoms with Gasteiger partial charge in [0.1, 0.15) is 0 Å². The van der Waals surface area contributed by atoms with Gasteiger partial charge in [0, 0.05) is 5.92 Å². The van der Waals surface area contributed by atoms with Crippen molar-refractivity contribution >= 4 is 5.97 Å². The van der Waals surface area contributed by atoms with Crippen LogP contribution in [0.4, 0.5) is 0 Å². The first-order chi connectivity index (χ1) is 9.00. The van der Waals surface area contributed by atoms with Crippen molar-refractivity contribution in [3.63, 3.8) is 0 Å². The van der Waals surface area contributed by atoms with Gasteiger partial charge in [0.2, 0.25) is 0 Å². The summed E-state index contributed by atoms with van der Waals surface area (Å²) in [6.45, 7) is 6.30. The summed E-state index contributed by atoms with van der Waals surface area (Å²) in [6.07, 6.45) is 3.11. The molecule has 104 valence electrons. The van der Waals surface area contributed by atoms with E-state index >= 15 is 0 Å². The molecule has 3 nitrogen and oxygen atoms in total. The van der Waals surface area contributed by atoms with Crippen molar-refractivity contribution in [1.29, 1.82) is 0 Å². The molecule has 0 radical (unpaired) electrons. The normalized spacial score (nSPS) is 14.7. The molecule has 1 aromatic carbocycles. The van der Waals surface area contributed by atoms with Crippen LogP contribution in [0.25, 0.3) is 0 Å². The zero-order chi connectivity index (χ0) is 14.3. The molecule has 1 aromatic rings. The van der Waals surface area contributed by atoms with Gasteiger partial charge in [-0.15, -0.1) is 0 Å². The van der Waals surface area contributed by atoms with Crippen LogP contribution in [-0.4, -0.2) is 17.2 Å². The summed E-state index contributed by atoms with van der Waals surface area (Å²) in [5.74, 6) is -0.661. The van der Waals surface area contributed by atoms with Gasteiger partial charge >= 0.3 is 5.97 Å². The van der Waals surface area contributed by atoms with Gasteiger partial charge in [0.25, 0.3) is 0 Å². The van der Waals surface area contributed by atoms with Crippen molar-refractivity contribution in [2.75, 3.05) is 0 Å². The monoisotopic (exact) mass is 262 g/mol. The van der Waals surface area contributed by atoms with Crippen LogP contribution >= 0.6 is 0 Å². The minimum absolute atomic E-state index is 0.149. The molecule has 0 aliphatic rings. The van der Waals surface area contributed by atoms with Gasteiger partial charge in [-0.05, 0) is 11.5 Å². The molecule has 0 bridgehead atoms. The van der Waals surface area contributed by atoms with E-state index in [2.05, 4.69) is 13.8 Å². The lowest BCUT2D eigenvalue weighted by molar-refractivity contribution is -0.153. The van der Waals surface area contributed by atoms with Crippen molar-refractivity contribution in [1.82, 2.24) is 0 Å². The Balaban J connectivity index is 2.60. The third kappa shape index (κ3) is 5.71. The minimum atomic E-state index is -0.920. The number of carboxylic acid groups (broad SMARTS) is 1.